The molecule has 0 aliphatic rings. The Balaban J connectivity index is 1.66. The number of rotatable bonds is 6. The number of hydrogen-bond acceptors (Lipinski definition) is 6. The number of nitrogens with zero attached hydrogens (tertiary/aromatic N) is 2. The monoisotopic (exact) mass is 435 g/mol. The minimum Gasteiger partial charge on any atom is -0.461 e. The largest absolute Gasteiger partial charge is 0.461 e. The van der Waals surface area contributed by atoms with Crippen molar-refractivity contribution >= 4 is 33.3 Å². The first kappa shape index (κ1) is 20.7. The van der Waals surface area contributed by atoms with Gasteiger partial charge in [-0.05, 0) is 38.0 Å². The summed E-state index contributed by atoms with van der Waals surface area (Å²) in [6.45, 7) is 5.21. The smallest absolute Gasteiger partial charge is 0.355 e. The maximum atomic E-state index is 13.0. The first-order valence-corrected chi connectivity index (χ1v) is 10.7. The van der Waals surface area contributed by atoms with Gasteiger partial charge in [-0.2, -0.15) is 0 Å². The lowest BCUT2D eigenvalue weighted by Crippen LogP contribution is -2.24. The van der Waals surface area contributed by atoms with Crippen molar-refractivity contribution in [2.75, 3.05) is 6.61 Å². The van der Waals surface area contributed by atoms with Gasteiger partial charge in [0.05, 0.1) is 25.0 Å². The maximum absolute atomic E-state index is 13.0. The Morgan fingerprint density at radius 1 is 1.19 bits per heavy atom. The van der Waals surface area contributed by atoms with Gasteiger partial charge in [0.25, 0.3) is 5.56 Å². The molecule has 0 atom stereocenters. The number of Topliss-reactive ketones (excluding diaryl/α,β-unsaturated/α-hetero) is 1. The van der Waals surface area contributed by atoms with E-state index >= 15 is 0 Å². The summed E-state index contributed by atoms with van der Waals surface area (Å²) < 4.78 is 6.85. The molecule has 3 aromatic heterocycles. The van der Waals surface area contributed by atoms with Gasteiger partial charge in [-0.1, -0.05) is 30.3 Å². The fourth-order valence-electron chi connectivity index (χ4n) is 3.61. The van der Waals surface area contributed by atoms with Gasteiger partial charge in [-0.15, -0.1) is 11.3 Å². The fourth-order valence-corrected chi connectivity index (χ4v) is 4.68. The number of aromatic amines is 1. The van der Waals surface area contributed by atoms with Crippen molar-refractivity contribution < 1.29 is 14.3 Å². The van der Waals surface area contributed by atoms with Gasteiger partial charge in [0.1, 0.15) is 10.4 Å². The van der Waals surface area contributed by atoms with Crippen molar-refractivity contribution in [3.8, 4) is 10.4 Å². The second-order valence-corrected chi connectivity index (χ2v) is 8.19. The number of hydrogen-bond donors (Lipinski definition) is 1. The summed E-state index contributed by atoms with van der Waals surface area (Å²) in [6, 6.07) is 11.7. The van der Waals surface area contributed by atoms with Crippen LogP contribution in [0.4, 0.5) is 0 Å². The molecule has 0 fully saturated rings. The Kier molecular flexibility index (Phi) is 5.56. The third-order valence-corrected chi connectivity index (χ3v) is 6.23. The molecule has 4 rings (SSSR count). The van der Waals surface area contributed by atoms with E-state index in [9.17, 15) is 14.4 Å². The number of carbonyl (C=O) groups is 2. The highest BCUT2D eigenvalue weighted by Crippen LogP contribution is 2.30. The predicted octanol–water partition coefficient (Wildman–Crippen LogP) is 4.13. The van der Waals surface area contributed by atoms with E-state index < -0.39 is 5.97 Å². The van der Waals surface area contributed by atoms with Crippen LogP contribution in [0.15, 0.2) is 47.5 Å². The lowest BCUT2D eigenvalue weighted by molar-refractivity contribution is 0.0519. The Morgan fingerprint density at radius 3 is 2.65 bits per heavy atom. The number of esters is 1. The molecule has 158 valence electrons. The van der Waals surface area contributed by atoms with Crippen LogP contribution in [0, 0.1) is 13.8 Å². The van der Waals surface area contributed by atoms with Gasteiger partial charge >= 0.3 is 5.97 Å². The molecule has 7 nitrogen and oxygen atoms in total. The summed E-state index contributed by atoms with van der Waals surface area (Å²) in [5.41, 5.74) is 3.09. The lowest BCUT2D eigenvalue weighted by atomic mass is 10.1. The van der Waals surface area contributed by atoms with Crippen molar-refractivity contribution in [3.05, 3.63) is 75.6 Å². The van der Waals surface area contributed by atoms with Gasteiger partial charge < -0.3 is 9.72 Å². The highest BCUT2D eigenvalue weighted by atomic mass is 32.1. The molecular weight excluding hydrogens is 414 g/mol. The van der Waals surface area contributed by atoms with E-state index in [-0.39, 0.29) is 30.2 Å². The Labute approximate surface area is 182 Å². The molecular formula is C23H21N3O4S. The third-order valence-electron chi connectivity index (χ3n) is 5.07. The zero-order valence-corrected chi connectivity index (χ0v) is 18.2. The summed E-state index contributed by atoms with van der Waals surface area (Å²) in [5.74, 6) is -0.778. The zero-order valence-electron chi connectivity index (χ0n) is 17.4. The normalized spacial score (nSPS) is 11.1. The molecule has 0 radical (unpaired) electrons. The number of benzene rings is 1. The molecule has 0 saturated heterocycles. The fraction of sp³-hybridized carbons (Fsp3) is 0.217. The third kappa shape index (κ3) is 3.82. The second kappa shape index (κ2) is 8.31. The van der Waals surface area contributed by atoms with Gasteiger partial charge in [-0.3, -0.25) is 14.2 Å². The van der Waals surface area contributed by atoms with Crippen LogP contribution in [0.3, 0.4) is 0 Å². The summed E-state index contributed by atoms with van der Waals surface area (Å²) in [5, 5.41) is 0. The summed E-state index contributed by atoms with van der Waals surface area (Å²) in [7, 11) is 0. The molecule has 0 bridgehead atoms. The van der Waals surface area contributed by atoms with Crippen molar-refractivity contribution in [2.24, 2.45) is 0 Å². The van der Waals surface area contributed by atoms with Crippen LogP contribution in [0.1, 0.15) is 39.0 Å². The number of H-pyrrole nitrogens is 1. The van der Waals surface area contributed by atoms with Crippen LogP contribution in [-0.4, -0.2) is 32.9 Å². The SMILES string of the molecule is CCOC(=O)c1[nH]c(C)c(C(=O)Cn2cnc3cc(-c4ccccc4)sc3c2=O)c1C. The molecule has 31 heavy (non-hydrogen) atoms. The lowest BCUT2D eigenvalue weighted by Gasteiger charge is -2.06. The molecule has 0 unspecified atom stereocenters. The van der Waals surface area contributed by atoms with Crippen molar-refractivity contribution in [3.63, 3.8) is 0 Å². The van der Waals surface area contributed by atoms with E-state index in [2.05, 4.69) is 9.97 Å². The first-order chi connectivity index (χ1) is 14.9. The van der Waals surface area contributed by atoms with Gasteiger partial charge in [0.15, 0.2) is 5.78 Å². The van der Waals surface area contributed by atoms with E-state index in [1.54, 1.807) is 20.8 Å². The van der Waals surface area contributed by atoms with Crippen molar-refractivity contribution in [2.45, 2.75) is 27.3 Å². The van der Waals surface area contributed by atoms with Gasteiger partial charge in [-0.25, -0.2) is 9.78 Å². The van der Waals surface area contributed by atoms with Crippen molar-refractivity contribution in [1.82, 2.24) is 14.5 Å². The molecule has 3 heterocycles. The van der Waals surface area contributed by atoms with E-state index in [0.717, 1.165) is 10.4 Å². The minimum absolute atomic E-state index is 0.165. The maximum Gasteiger partial charge on any atom is 0.355 e. The van der Waals surface area contributed by atoms with Gasteiger partial charge in [0, 0.05) is 16.1 Å². The number of ether oxygens (including phenoxy) is 1. The molecule has 0 aliphatic carbocycles. The number of aryl methyl sites for hydroxylation is 1. The number of aromatic nitrogens is 3. The topological polar surface area (TPSA) is 94.1 Å². The number of ketones is 1. The highest BCUT2D eigenvalue weighted by molar-refractivity contribution is 7.22. The van der Waals surface area contributed by atoms with Crippen LogP contribution in [0.2, 0.25) is 0 Å². The zero-order chi connectivity index (χ0) is 22.1. The molecule has 0 saturated carbocycles. The number of nitrogens with one attached hydrogen (secondary N) is 1. The van der Waals surface area contributed by atoms with E-state index in [1.165, 1.54) is 22.2 Å². The average molecular weight is 436 g/mol. The van der Waals surface area contributed by atoms with E-state index in [0.29, 0.717) is 27.0 Å². The van der Waals surface area contributed by atoms with Crippen molar-refractivity contribution in [1.29, 1.82) is 0 Å². The summed E-state index contributed by atoms with van der Waals surface area (Å²) in [4.78, 5) is 46.4. The molecule has 4 aromatic rings. The Morgan fingerprint density at radius 2 is 1.94 bits per heavy atom. The molecule has 0 amide bonds. The number of thiophene rings is 1. The Bertz CT molecular complexity index is 1350. The predicted molar refractivity (Wildman–Crippen MR) is 120 cm³/mol. The van der Waals surface area contributed by atoms with Crippen LogP contribution in [0.25, 0.3) is 20.7 Å². The molecule has 1 N–H and O–H groups in total. The second-order valence-electron chi connectivity index (χ2n) is 7.14. The quantitative estimate of drug-likeness (QED) is 0.363. The summed E-state index contributed by atoms with van der Waals surface area (Å²) >= 11 is 1.36. The van der Waals surface area contributed by atoms with Gasteiger partial charge in [0.2, 0.25) is 0 Å². The Hall–Kier alpha value is -3.52. The average Bonchev–Trinajstić information content (AvgIpc) is 3.32. The van der Waals surface area contributed by atoms with Crippen LogP contribution in [-0.2, 0) is 11.3 Å². The molecule has 1 aromatic carbocycles. The molecule has 8 heteroatoms. The van der Waals surface area contributed by atoms with Crippen LogP contribution in [0.5, 0.6) is 0 Å². The first-order valence-electron chi connectivity index (χ1n) is 9.84. The van der Waals surface area contributed by atoms with Crippen LogP contribution >= 0.6 is 11.3 Å². The summed E-state index contributed by atoms with van der Waals surface area (Å²) in [6.07, 6.45) is 1.40. The van der Waals surface area contributed by atoms with E-state index in [1.807, 2.05) is 36.4 Å². The van der Waals surface area contributed by atoms with E-state index in [4.69, 9.17) is 4.74 Å². The van der Waals surface area contributed by atoms with Crippen LogP contribution < -0.4 is 5.56 Å². The standard InChI is InChI=1S/C23H21N3O4S/c1-4-30-23(29)20-13(2)19(14(3)25-20)17(27)11-26-12-24-16-10-18(31-21(16)22(26)28)15-8-6-5-7-9-15/h5-10,12,25H,4,11H2,1-3H3. The highest BCUT2D eigenvalue weighted by Gasteiger charge is 2.23. The molecule has 0 aliphatic heterocycles. The number of fused-ring (bicyclic) bond motifs is 1. The minimum atomic E-state index is -0.505. The molecule has 0 spiro atoms. The number of carbonyl (C=O) groups excluding carboxylic acids is 2.